The quantitative estimate of drug-likeness (QED) is 0.736. The molecule has 0 saturated carbocycles. The SMILES string of the molecule is CCCC1CN(CC2CCCNC2)C1. The lowest BCUT2D eigenvalue weighted by Gasteiger charge is -2.42. The summed E-state index contributed by atoms with van der Waals surface area (Å²) in [6.45, 7) is 8.92. The number of nitrogens with one attached hydrogen (secondary N) is 1. The van der Waals surface area contributed by atoms with Crippen LogP contribution in [0.2, 0.25) is 0 Å². The van der Waals surface area contributed by atoms with Crippen molar-refractivity contribution < 1.29 is 0 Å². The number of likely N-dealkylation sites (tertiary alicyclic amines) is 1. The van der Waals surface area contributed by atoms with Gasteiger partial charge in [0.1, 0.15) is 0 Å². The van der Waals surface area contributed by atoms with Crippen molar-refractivity contribution >= 4 is 0 Å². The summed E-state index contributed by atoms with van der Waals surface area (Å²) >= 11 is 0. The van der Waals surface area contributed by atoms with Crippen LogP contribution in [-0.4, -0.2) is 37.6 Å². The minimum absolute atomic E-state index is 0.936. The van der Waals surface area contributed by atoms with Gasteiger partial charge in [-0.2, -0.15) is 0 Å². The molecule has 2 heterocycles. The van der Waals surface area contributed by atoms with E-state index in [1.54, 1.807) is 0 Å². The molecule has 0 aromatic heterocycles. The Morgan fingerprint density at radius 2 is 2.14 bits per heavy atom. The Morgan fingerprint density at radius 3 is 2.79 bits per heavy atom. The molecule has 0 radical (unpaired) electrons. The Bertz CT molecular complexity index is 158. The Kier molecular flexibility index (Phi) is 3.82. The van der Waals surface area contributed by atoms with Crippen LogP contribution in [0.4, 0.5) is 0 Å². The van der Waals surface area contributed by atoms with Gasteiger partial charge < -0.3 is 10.2 Å². The first kappa shape index (κ1) is 10.4. The molecule has 82 valence electrons. The lowest BCUT2D eigenvalue weighted by molar-refractivity contribution is 0.0705. The molecule has 2 aliphatic heterocycles. The maximum absolute atomic E-state index is 3.50. The summed E-state index contributed by atoms with van der Waals surface area (Å²) in [6.07, 6.45) is 5.64. The second kappa shape index (κ2) is 5.13. The van der Waals surface area contributed by atoms with Gasteiger partial charge in [0.2, 0.25) is 0 Å². The van der Waals surface area contributed by atoms with Gasteiger partial charge in [0.15, 0.2) is 0 Å². The zero-order valence-corrected chi connectivity index (χ0v) is 9.47. The molecule has 1 atom stereocenters. The van der Waals surface area contributed by atoms with Crippen molar-refractivity contribution in [3.8, 4) is 0 Å². The third-order valence-electron chi connectivity index (χ3n) is 3.65. The third-order valence-corrected chi connectivity index (χ3v) is 3.65. The van der Waals surface area contributed by atoms with E-state index in [4.69, 9.17) is 0 Å². The smallest absolute Gasteiger partial charge is 0.00221 e. The number of hydrogen-bond donors (Lipinski definition) is 1. The molecule has 0 aromatic rings. The molecule has 2 fully saturated rings. The van der Waals surface area contributed by atoms with Crippen molar-refractivity contribution in [1.29, 1.82) is 0 Å². The van der Waals surface area contributed by atoms with Gasteiger partial charge >= 0.3 is 0 Å². The highest BCUT2D eigenvalue weighted by molar-refractivity contribution is 4.82. The van der Waals surface area contributed by atoms with Crippen LogP contribution in [0.25, 0.3) is 0 Å². The molecule has 0 aromatic carbocycles. The predicted molar refractivity (Wildman–Crippen MR) is 60.4 cm³/mol. The summed E-state index contributed by atoms with van der Waals surface area (Å²) in [7, 11) is 0. The van der Waals surface area contributed by atoms with Gasteiger partial charge in [0.05, 0.1) is 0 Å². The van der Waals surface area contributed by atoms with Crippen LogP contribution in [0.3, 0.4) is 0 Å². The molecule has 1 N–H and O–H groups in total. The van der Waals surface area contributed by atoms with Gasteiger partial charge in [-0.3, -0.25) is 0 Å². The van der Waals surface area contributed by atoms with E-state index in [9.17, 15) is 0 Å². The van der Waals surface area contributed by atoms with E-state index < -0.39 is 0 Å². The van der Waals surface area contributed by atoms with Crippen LogP contribution in [0.5, 0.6) is 0 Å². The van der Waals surface area contributed by atoms with E-state index in [2.05, 4.69) is 17.1 Å². The van der Waals surface area contributed by atoms with Gasteiger partial charge in [0, 0.05) is 19.6 Å². The first-order valence-electron chi connectivity index (χ1n) is 6.31. The summed E-state index contributed by atoms with van der Waals surface area (Å²) < 4.78 is 0. The summed E-state index contributed by atoms with van der Waals surface area (Å²) in [5, 5.41) is 3.50. The van der Waals surface area contributed by atoms with Gasteiger partial charge in [-0.15, -0.1) is 0 Å². The maximum atomic E-state index is 3.50. The molecule has 2 nitrogen and oxygen atoms in total. The molecule has 0 amide bonds. The van der Waals surface area contributed by atoms with E-state index >= 15 is 0 Å². The number of hydrogen-bond acceptors (Lipinski definition) is 2. The molecule has 2 rings (SSSR count). The van der Waals surface area contributed by atoms with Gasteiger partial charge in [-0.25, -0.2) is 0 Å². The van der Waals surface area contributed by atoms with Gasteiger partial charge in [0.25, 0.3) is 0 Å². The average molecular weight is 196 g/mol. The molecular weight excluding hydrogens is 172 g/mol. The Morgan fingerprint density at radius 1 is 1.29 bits per heavy atom. The first-order chi connectivity index (χ1) is 6.88. The van der Waals surface area contributed by atoms with Crippen LogP contribution in [-0.2, 0) is 0 Å². The molecular formula is C12H24N2. The van der Waals surface area contributed by atoms with E-state index in [1.807, 2.05) is 0 Å². The standard InChI is InChI=1S/C12H24N2/c1-2-4-12-9-14(10-12)8-11-5-3-6-13-7-11/h11-13H,2-10H2,1H3. The molecule has 2 saturated heterocycles. The lowest BCUT2D eigenvalue weighted by atomic mass is 9.91. The second-order valence-corrected chi connectivity index (χ2v) is 5.09. The number of piperidine rings is 1. The van der Waals surface area contributed by atoms with Crippen LogP contribution >= 0.6 is 0 Å². The average Bonchev–Trinajstić information content (AvgIpc) is 2.16. The van der Waals surface area contributed by atoms with Crippen molar-refractivity contribution in [2.75, 3.05) is 32.7 Å². The van der Waals surface area contributed by atoms with Crippen molar-refractivity contribution in [2.45, 2.75) is 32.6 Å². The largest absolute Gasteiger partial charge is 0.316 e. The summed E-state index contributed by atoms with van der Waals surface area (Å²) in [6, 6.07) is 0. The topological polar surface area (TPSA) is 15.3 Å². The van der Waals surface area contributed by atoms with Gasteiger partial charge in [-0.05, 0) is 44.2 Å². The molecule has 1 unspecified atom stereocenters. The molecule has 2 heteroatoms. The van der Waals surface area contributed by atoms with E-state index in [0.29, 0.717) is 0 Å². The lowest BCUT2D eigenvalue weighted by Crippen LogP contribution is -2.50. The fraction of sp³-hybridized carbons (Fsp3) is 1.00. The van der Waals surface area contributed by atoms with Crippen molar-refractivity contribution in [3.63, 3.8) is 0 Å². The highest BCUT2D eigenvalue weighted by Gasteiger charge is 2.27. The minimum Gasteiger partial charge on any atom is -0.316 e. The third kappa shape index (κ3) is 2.71. The molecule has 0 spiro atoms. The molecule has 0 bridgehead atoms. The Balaban J connectivity index is 1.58. The summed E-state index contributed by atoms with van der Waals surface area (Å²) in [5.41, 5.74) is 0. The fourth-order valence-electron chi connectivity index (χ4n) is 2.86. The van der Waals surface area contributed by atoms with Crippen molar-refractivity contribution in [3.05, 3.63) is 0 Å². The van der Waals surface area contributed by atoms with Gasteiger partial charge in [-0.1, -0.05) is 13.3 Å². The monoisotopic (exact) mass is 196 g/mol. The maximum Gasteiger partial charge on any atom is 0.00221 e. The summed E-state index contributed by atoms with van der Waals surface area (Å²) in [5.74, 6) is 1.96. The fourth-order valence-corrected chi connectivity index (χ4v) is 2.86. The molecule has 0 aliphatic carbocycles. The Labute approximate surface area is 88.1 Å². The zero-order valence-electron chi connectivity index (χ0n) is 9.47. The van der Waals surface area contributed by atoms with E-state index in [-0.39, 0.29) is 0 Å². The molecule has 2 aliphatic rings. The number of nitrogens with zero attached hydrogens (tertiary/aromatic N) is 1. The van der Waals surface area contributed by atoms with Crippen LogP contribution < -0.4 is 5.32 Å². The van der Waals surface area contributed by atoms with Crippen molar-refractivity contribution in [2.24, 2.45) is 11.8 Å². The molecule has 14 heavy (non-hydrogen) atoms. The zero-order chi connectivity index (χ0) is 9.80. The van der Waals surface area contributed by atoms with Crippen molar-refractivity contribution in [1.82, 2.24) is 10.2 Å². The number of rotatable bonds is 4. The van der Waals surface area contributed by atoms with Crippen LogP contribution in [0.15, 0.2) is 0 Å². The van der Waals surface area contributed by atoms with E-state index in [0.717, 1.165) is 11.8 Å². The Hall–Kier alpha value is -0.0800. The predicted octanol–water partition coefficient (Wildman–Crippen LogP) is 1.72. The highest BCUT2D eigenvalue weighted by Crippen LogP contribution is 2.23. The highest BCUT2D eigenvalue weighted by atomic mass is 15.2. The minimum atomic E-state index is 0.936. The summed E-state index contributed by atoms with van der Waals surface area (Å²) in [4.78, 5) is 2.65. The van der Waals surface area contributed by atoms with Crippen LogP contribution in [0.1, 0.15) is 32.6 Å². The van der Waals surface area contributed by atoms with E-state index in [1.165, 1.54) is 58.4 Å². The first-order valence-corrected chi connectivity index (χ1v) is 6.31. The van der Waals surface area contributed by atoms with Crippen LogP contribution in [0, 0.1) is 11.8 Å². The normalized spacial score (nSPS) is 30.2. The second-order valence-electron chi connectivity index (χ2n) is 5.09.